The number of nitrogens with zero attached hydrogens (tertiary/aromatic N) is 4. The fourth-order valence-corrected chi connectivity index (χ4v) is 3.89. The van der Waals surface area contributed by atoms with Crippen LogP contribution in [-0.4, -0.2) is 58.6 Å². The highest BCUT2D eigenvalue weighted by molar-refractivity contribution is 5.45. The highest BCUT2D eigenvalue weighted by atomic mass is 16.6. The van der Waals surface area contributed by atoms with Crippen molar-refractivity contribution in [3.8, 4) is 5.88 Å². The van der Waals surface area contributed by atoms with Crippen molar-refractivity contribution in [2.75, 3.05) is 32.9 Å². The number of hydrogen-bond donors (Lipinski definition) is 0. The van der Waals surface area contributed by atoms with Gasteiger partial charge in [0.2, 0.25) is 0 Å². The number of hydrogen-bond acceptors (Lipinski definition) is 6. The molecule has 0 aromatic carbocycles. The zero-order chi connectivity index (χ0) is 17.8. The van der Waals surface area contributed by atoms with Crippen LogP contribution in [0.3, 0.4) is 0 Å². The van der Waals surface area contributed by atoms with E-state index in [0.717, 1.165) is 58.4 Å². The van der Waals surface area contributed by atoms with E-state index in [1.807, 2.05) is 4.68 Å². The lowest BCUT2D eigenvalue weighted by molar-refractivity contribution is -0.386. The molecule has 25 heavy (non-hydrogen) atoms. The molecule has 2 aliphatic rings. The van der Waals surface area contributed by atoms with Gasteiger partial charge in [0.1, 0.15) is 5.69 Å². The van der Waals surface area contributed by atoms with Crippen molar-refractivity contribution in [2.24, 2.45) is 0 Å². The van der Waals surface area contributed by atoms with Gasteiger partial charge >= 0.3 is 11.6 Å². The van der Waals surface area contributed by atoms with E-state index in [1.165, 1.54) is 0 Å². The number of nitro groups is 1. The van der Waals surface area contributed by atoms with Crippen LogP contribution in [0.15, 0.2) is 0 Å². The number of rotatable bonds is 7. The molecule has 1 aliphatic carbocycles. The molecule has 0 radical (unpaired) electrons. The van der Waals surface area contributed by atoms with Crippen molar-refractivity contribution in [2.45, 2.75) is 58.0 Å². The lowest BCUT2D eigenvalue weighted by Crippen LogP contribution is -2.42. The summed E-state index contributed by atoms with van der Waals surface area (Å²) in [5.74, 6) is 0.172. The molecular formula is C17H28N4O4. The third-order valence-electron chi connectivity index (χ3n) is 5.29. The Morgan fingerprint density at radius 1 is 1.32 bits per heavy atom. The summed E-state index contributed by atoms with van der Waals surface area (Å²) in [5, 5.41) is 15.9. The van der Waals surface area contributed by atoms with E-state index in [9.17, 15) is 10.1 Å². The monoisotopic (exact) mass is 352 g/mol. The van der Waals surface area contributed by atoms with Gasteiger partial charge < -0.3 is 9.47 Å². The first kappa shape index (κ1) is 18.1. The summed E-state index contributed by atoms with van der Waals surface area (Å²) in [6.45, 7) is 7.84. The molecule has 8 nitrogen and oxygen atoms in total. The van der Waals surface area contributed by atoms with Crippen LogP contribution in [-0.2, 0) is 4.74 Å². The zero-order valence-electron chi connectivity index (χ0n) is 15.1. The van der Waals surface area contributed by atoms with Gasteiger partial charge in [-0.2, -0.15) is 0 Å². The molecule has 0 N–H and O–H groups in total. The van der Waals surface area contributed by atoms with Gasteiger partial charge in [0, 0.05) is 19.1 Å². The minimum absolute atomic E-state index is 0.0194. The molecule has 140 valence electrons. The number of morpholine rings is 1. The highest BCUT2D eigenvalue weighted by Gasteiger charge is 2.35. The Bertz CT molecular complexity index is 598. The molecular weight excluding hydrogens is 324 g/mol. The Morgan fingerprint density at radius 3 is 2.72 bits per heavy atom. The summed E-state index contributed by atoms with van der Waals surface area (Å²) in [7, 11) is 0. The van der Waals surface area contributed by atoms with Crippen molar-refractivity contribution in [3.63, 3.8) is 0 Å². The van der Waals surface area contributed by atoms with Gasteiger partial charge in [-0.05, 0) is 32.6 Å². The summed E-state index contributed by atoms with van der Waals surface area (Å²) >= 11 is 0. The largest absolute Gasteiger partial charge is 0.472 e. The molecule has 0 amide bonds. The van der Waals surface area contributed by atoms with E-state index in [1.54, 1.807) is 6.92 Å². The van der Waals surface area contributed by atoms with Crippen molar-refractivity contribution in [1.29, 1.82) is 0 Å². The minimum Gasteiger partial charge on any atom is -0.472 e. The van der Waals surface area contributed by atoms with Crippen molar-refractivity contribution in [1.82, 2.24) is 14.7 Å². The average molecular weight is 352 g/mol. The lowest BCUT2D eigenvalue weighted by atomic mass is 10.2. The molecule has 1 aromatic rings. The topological polar surface area (TPSA) is 82.7 Å². The molecule has 2 heterocycles. The Morgan fingerprint density at radius 2 is 2.04 bits per heavy atom. The van der Waals surface area contributed by atoms with Gasteiger partial charge in [-0.3, -0.25) is 19.7 Å². The van der Waals surface area contributed by atoms with Crippen LogP contribution >= 0.6 is 0 Å². The predicted molar refractivity (Wildman–Crippen MR) is 93.1 cm³/mol. The number of unbranched alkanes of at least 4 members (excludes halogenated alkanes) is 1. The molecule has 2 unspecified atom stereocenters. The molecule has 1 saturated carbocycles. The van der Waals surface area contributed by atoms with Crippen LogP contribution in [0.4, 0.5) is 5.69 Å². The Hall–Kier alpha value is -1.67. The number of aromatic nitrogens is 2. The van der Waals surface area contributed by atoms with Gasteiger partial charge in [0.05, 0.1) is 30.8 Å². The van der Waals surface area contributed by atoms with Crippen molar-refractivity contribution < 1.29 is 14.4 Å². The smallest absolute Gasteiger partial charge is 0.352 e. The van der Waals surface area contributed by atoms with Crippen molar-refractivity contribution in [3.05, 3.63) is 15.8 Å². The fraction of sp³-hybridized carbons (Fsp3) is 0.824. The molecule has 0 spiro atoms. The first-order valence-corrected chi connectivity index (χ1v) is 9.30. The van der Waals surface area contributed by atoms with Crippen LogP contribution in [0.5, 0.6) is 5.88 Å². The summed E-state index contributed by atoms with van der Waals surface area (Å²) in [4.78, 5) is 13.6. The second-order valence-corrected chi connectivity index (χ2v) is 6.91. The lowest BCUT2D eigenvalue weighted by Gasteiger charge is -2.32. The average Bonchev–Trinajstić information content (AvgIpc) is 3.20. The Labute approximate surface area is 148 Å². The van der Waals surface area contributed by atoms with Crippen molar-refractivity contribution >= 4 is 5.69 Å². The van der Waals surface area contributed by atoms with Crippen LogP contribution in [0.25, 0.3) is 0 Å². The van der Waals surface area contributed by atoms with Gasteiger partial charge in [-0.25, -0.2) is 0 Å². The second kappa shape index (κ2) is 8.14. The molecule has 3 rings (SSSR count). The molecule has 0 bridgehead atoms. The van der Waals surface area contributed by atoms with E-state index < -0.39 is 0 Å². The first-order chi connectivity index (χ1) is 12.1. The van der Waals surface area contributed by atoms with E-state index in [0.29, 0.717) is 18.3 Å². The molecule has 1 saturated heterocycles. The fourth-order valence-electron chi connectivity index (χ4n) is 3.89. The summed E-state index contributed by atoms with van der Waals surface area (Å²) in [5.41, 5.74) is 0.620. The van der Waals surface area contributed by atoms with E-state index in [4.69, 9.17) is 9.47 Å². The zero-order valence-corrected chi connectivity index (χ0v) is 15.1. The third-order valence-corrected chi connectivity index (χ3v) is 5.29. The Balaban J connectivity index is 1.73. The maximum Gasteiger partial charge on any atom is 0.352 e. The normalized spacial score (nSPS) is 24.6. The molecule has 2 atom stereocenters. The quantitative estimate of drug-likeness (QED) is 0.426. The summed E-state index contributed by atoms with van der Waals surface area (Å²) in [6, 6.07) is 0.719. The number of ether oxygens (including phenoxy) is 2. The summed E-state index contributed by atoms with van der Waals surface area (Å²) in [6.07, 6.45) is 4.93. The minimum atomic E-state index is -0.367. The van der Waals surface area contributed by atoms with Gasteiger partial charge in [-0.1, -0.05) is 13.3 Å². The maximum atomic E-state index is 11.5. The van der Waals surface area contributed by atoms with Crippen LogP contribution in [0.2, 0.25) is 0 Å². The van der Waals surface area contributed by atoms with Crippen LogP contribution in [0, 0.1) is 17.0 Å². The molecule has 1 aliphatic heterocycles. The van der Waals surface area contributed by atoms with Gasteiger partial charge in [-0.15, -0.1) is 5.10 Å². The summed E-state index contributed by atoms with van der Waals surface area (Å²) < 4.78 is 12.9. The molecule has 1 aromatic heterocycles. The van der Waals surface area contributed by atoms with Crippen LogP contribution in [0.1, 0.15) is 50.8 Å². The predicted octanol–water partition coefficient (Wildman–Crippen LogP) is 2.70. The van der Waals surface area contributed by atoms with E-state index in [2.05, 4.69) is 16.9 Å². The van der Waals surface area contributed by atoms with E-state index >= 15 is 0 Å². The van der Waals surface area contributed by atoms with Gasteiger partial charge in [0.25, 0.3) is 0 Å². The van der Waals surface area contributed by atoms with E-state index in [-0.39, 0.29) is 22.5 Å². The maximum absolute atomic E-state index is 11.5. The molecule has 8 heteroatoms. The van der Waals surface area contributed by atoms with Crippen LogP contribution < -0.4 is 4.74 Å². The highest BCUT2D eigenvalue weighted by Crippen LogP contribution is 2.38. The standard InChI is InChI=1S/C17H28N4O4/c1-3-4-9-25-17-16(21(22)23)13(2)20(18-17)15-6-5-14(12-15)19-7-10-24-11-8-19/h14-15H,3-12H2,1-2H3. The third kappa shape index (κ3) is 3.95. The SMILES string of the molecule is CCCCOc1nn(C2CCC(N3CCOCC3)C2)c(C)c1[N+](=O)[O-]. The first-order valence-electron chi connectivity index (χ1n) is 9.30. The Kier molecular flexibility index (Phi) is 5.90. The second-order valence-electron chi connectivity index (χ2n) is 6.91. The molecule has 2 fully saturated rings. The van der Waals surface area contributed by atoms with Gasteiger partial charge in [0.15, 0.2) is 0 Å².